The summed E-state index contributed by atoms with van der Waals surface area (Å²) in [6.45, 7) is 5.91. The first-order chi connectivity index (χ1) is 12.1. The van der Waals surface area contributed by atoms with E-state index in [9.17, 15) is 9.59 Å². The molecular weight excluding hydrogens is 336 g/mol. The van der Waals surface area contributed by atoms with Gasteiger partial charge >= 0.3 is 5.97 Å². The lowest BCUT2D eigenvalue weighted by molar-refractivity contribution is -0.147. The highest BCUT2D eigenvalue weighted by Crippen LogP contribution is 2.31. The summed E-state index contributed by atoms with van der Waals surface area (Å²) in [5.41, 5.74) is 2.78. The maximum Gasteiger partial charge on any atom is 0.329 e. The first-order valence-corrected chi connectivity index (χ1v) is 9.16. The maximum absolute atomic E-state index is 13.1. The molecule has 3 rings (SSSR count). The van der Waals surface area contributed by atoms with Gasteiger partial charge in [-0.2, -0.15) is 0 Å². The number of hydrogen-bond acceptors (Lipinski definition) is 5. The monoisotopic (exact) mass is 356 g/mol. The van der Waals surface area contributed by atoms with E-state index in [-0.39, 0.29) is 12.2 Å². The molecule has 0 amide bonds. The number of benzene rings is 1. The van der Waals surface area contributed by atoms with Crippen LogP contribution in [0.1, 0.15) is 31.9 Å². The molecule has 2 aromatic heterocycles. The van der Waals surface area contributed by atoms with Crippen LogP contribution in [0.15, 0.2) is 40.8 Å². The van der Waals surface area contributed by atoms with E-state index >= 15 is 0 Å². The van der Waals surface area contributed by atoms with Crippen molar-refractivity contribution in [3.05, 3.63) is 51.9 Å². The Kier molecular flexibility index (Phi) is 4.99. The largest absolute Gasteiger partial charge is 0.464 e. The molecule has 0 aliphatic rings. The number of aryl methyl sites for hydroxylation is 1. The molecule has 0 radical (unpaired) electrons. The minimum atomic E-state index is -0.657. The molecule has 6 heteroatoms. The zero-order valence-corrected chi connectivity index (χ0v) is 15.3. The summed E-state index contributed by atoms with van der Waals surface area (Å²) in [4.78, 5) is 30.3. The number of carbonyl (C=O) groups is 1. The zero-order chi connectivity index (χ0) is 18.0. The molecule has 1 atom stereocenters. The van der Waals surface area contributed by atoms with E-state index in [1.807, 2.05) is 43.5 Å². The second kappa shape index (κ2) is 7.19. The second-order valence-corrected chi connectivity index (χ2v) is 6.69. The van der Waals surface area contributed by atoms with Crippen molar-refractivity contribution in [2.75, 3.05) is 6.61 Å². The Morgan fingerprint density at radius 2 is 2.00 bits per heavy atom. The predicted octanol–water partition coefficient (Wildman–Crippen LogP) is 3.95. The first kappa shape index (κ1) is 17.4. The van der Waals surface area contributed by atoms with Crippen LogP contribution >= 0.6 is 11.3 Å². The molecule has 0 fully saturated rings. The summed E-state index contributed by atoms with van der Waals surface area (Å²) in [5.74, 6) is -0.402. The van der Waals surface area contributed by atoms with Gasteiger partial charge in [0.2, 0.25) is 0 Å². The van der Waals surface area contributed by atoms with Gasteiger partial charge in [0.05, 0.1) is 18.3 Å². The Bertz CT molecular complexity index is 957. The molecule has 2 heterocycles. The number of hydrogen-bond donors (Lipinski definition) is 0. The van der Waals surface area contributed by atoms with Crippen molar-refractivity contribution in [3.63, 3.8) is 0 Å². The van der Waals surface area contributed by atoms with E-state index in [2.05, 4.69) is 4.98 Å². The highest BCUT2D eigenvalue weighted by Gasteiger charge is 2.23. The van der Waals surface area contributed by atoms with E-state index in [1.165, 1.54) is 22.2 Å². The SMILES string of the molecule is CCOC(=O)C(CC)n1cnc2scc(-c3ccc(C)cc3)c2c1=O. The quantitative estimate of drug-likeness (QED) is 0.650. The van der Waals surface area contributed by atoms with Crippen molar-refractivity contribution < 1.29 is 9.53 Å². The average Bonchev–Trinajstić information content (AvgIpc) is 3.03. The molecule has 25 heavy (non-hydrogen) atoms. The standard InChI is InChI=1S/C19H20N2O3S/c1-4-15(19(23)24-5-2)21-11-20-17-16(18(21)22)14(10-25-17)13-8-6-12(3)7-9-13/h6-11,15H,4-5H2,1-3H3. The fraction of sp³-hybridized carbons (Fsp3) is 0.316. The van der Waals surface area contributed by atoms with Crippen LogP contribution in [0.5, 0.6) is 0 Å². The summed E-state index contributed by atoms with van der Waals surface area (Å²) >= 11 is 1.43. The molecule has 0 spiro atoms. The molecule has 0 N–H and O–H groups in total. The number of aromatic nitrogens is 2. The first-order valence-electron chi connectivity index (χ1n) is 8.28. The van der Waals surface area contributed by atoms with Crippen LogP contribution in [0.2, 0.25) is 0 Å². The normalized spacial score (nSPS) is 12.3. The van der Waals surface area contributed by atoms with Gasteiger partial charge in [-0.25, -0.2) is 9.78 Å². The van der Waals surface area contributed by atoms with Crippen molar-refractivity contribution >= 4 is 27.5 Å². The van der Waals surface area contributed by atoms with Gasteiger partial charge in [-0.15, -0.1) is 11.3 Å². The van der Waals surface area contributed by atoms with Crippen molar-refractivity contribution in [1.29, 1.82) is 0 Å². The molecule has 3 aromatic rings. The molecule has 0 aliphatic carbocycles. The molecule has 5 nitrogen and oxygen atoms in total. The van der Waals surface area contributed by atoms with Crippen LogP contribution < -0.4 is 5.56 Å². The Hall–Kier alpha value is -2.47. The third-order valence-corrected chi connectivity index (χ3v) is 5.05. The number of fused-ring (bicyclic) bond motifs is 1. The third-order valence-electron chi connectivity index (χ3n) is 4.16. The summed E-state index contributed by atoms with van der Waals surface area (Å²) in [6.07, 6.45) is 1.92. The van der Waals surface area contributed by atoms with Gasteiger partial charge in [0.1, 0.15) is 10.9 Å². The van der Waals surface area contributed by atoms with E-state index in [4.69, 9.17) is 4.74 Å². The fourth-order valence-corrected chi connectivity index (χ4v) is 3.74. The number of carbonyl (C=O) groups excluding carboxylic acids is 1. The minimum Gasteiger partial charge on any atom is -0.464 e. The van der Waals surface area contributed by atoms with E-state index in [1.54, 1.807) is 6.92 Å². The lowest BCUT2D eigenvalue weighted by Gasteiger charge is -2.16. The van der Waals surface area contributed by atoms with Gasteiger partial charge in [0.15, 0.2) is 0 Å². The number of nitrogens with zero attached hydrogens (tertiary/aromatic N) is 2. The molecule has 0 saturated carbocycles. The average molecular weight is 356 g/mol. The Balaban J connectivity index is 2.16. The van der Waals surface area contributed by atoms with Crippen LogP contribution in [0.4, 0.5) is 0 Å². The van der Waals surface area contributed by atoms with Crippen LogP contribution in [-0.2, 0) is 9.53 Å². The highest BCUT2D eigenvalue weighted by atomic mass is 32.1. The molecule has 130 valence electrons. The van der Waals surface area contributed by atoms with Crippen molar-refractivity contribution in [2.45, 2.75) is 33.2 Å². The number of esters is 1. The topological polar surface area (TPSA) is 61.2 Å². The van der Waals surface area contributed by atoms with Crippen LogP contribution in [0, 0.1) is 6.92 Å². The number of rotatable bonds is 5. The number of thiophene rings is 1. The van der Waals surface area contributed by atoms with Crippen molar-refractivity contribution in [3.8, 4) is 11.1 Å². The molecular formula is C19H20N2O3S. The Morgan fingerprint density at radius 3 is 2.64 bits per heavy atom. The van der Waals surface area contributed by atoms with Gasteiger partial charge in [-0.05, 0) is 25.8 Å². The molecule has 0 bridgehead atoms. The second-order valence-electron chi connectivity index (χ2n) is 5.83. The molecule has 1 aromatic carbocycles. The predicted molar refractivity (Wildman–Crippen MR) is 100 cm³/mol. The Labute approximate surface area is 149 Å². The minimum absolute atomic E-state index is 0.207. The van der Waals surface area contributed by atoms with Crippen LogP contribution in [0.3, 0.4) is 0 Å². The Morgan fingerprint density at radius 1 is 1.28 bits per heavy atom. The van der Waals surface area contributed by atoms with Crippen molar-refractivity contribution in [1.82, 2.24) is 9.55 Å². The summed E-state index contributed by atoms with van der Waals surface area (Å²) in [7, 11) is 0. The lowest BCUT2D eigenvalue weighted by Crippen LogP contribution is -2.31. The lowest BCUT2D eigenvalue weighted by atomic mass is 10.0. The van der Waals surface area contributed by atoms with Crippen molar-refractivity contribution in [2.24, 2.45) is 0 Å². The molecule has 0 saturated heterocycles. The zero-order valence-electron chi connectivity index (χ0n) is 14.5. The van der Waals surface area contributed by atoms with Gasteiger partial charge in [-0.3, -0.25) is 9.36 Å². The van der Waals surface area contributed by atoms with Crippen LogP contribution in [0.25, 0.3) is 21.3 Å². The number of ether oxygens (including phenoxy) is 1. The summed E-state index contributed by atoms with van der Waals surface area (Å²) in [5, 5.41) is 2.50. The van der Waals surface area contributed by atoms with E-state index in [0.717, 1.165) is 16.7 Å². The van der Waals surface area contributed by atoms with Gasteiger partial charge < -0.3 is 4.74 Å². The maximum atomic E-state index is 13.1. The highest BCUT2D eigenvalue weighted by molar-refractivity contribution is 7.17. The van der Waals surface area contributed by atoms with Gasteiger partial charge in [-0.1, -0.05) is 36.8 Å². The van der Waals surface area contributed by atoms with Crippen LogP contribution in [-0.4, -0.2) is 22.1 Å². The summed E-state index contributed by atoms with van der Waals surface area (Å²) in [6, 6.07) is 7.37. The smallest absolute Gasteiger partial charge is 0.329 e. The molecule has 0 aliphatic heterocycles. The fourth-order valence-electron chi connectivity index (χ4n) is 2.83. The van der Waals surface area contributed by atoms with Gasteiger partial charge in [0.25, 0.3) is 5.56 Å². The molecule has 1 unspecified atom stereocenters. The third kappa shape index (κ3) is 3.22. The van der Waals surface area contributed by atoms with E-state index in [0.29, 0.717) is 16.6 Å². The summed E-state index contributed by atoms with van der Waals surface area (Å²) < 4.78 is 6.50. The van der Waals surface area contributed by atoms with Gasteiger partial charge in [0, 0.05) is 10.9 Å². The van der Waals surface area contributed by atoms with E-state index < -0.39 is 12.0 Å².